The third-order valence-corrected chi connectivity index (χ3v) is 3.36. The minimum Gasteiger partial charge on any atom is -1.00 e. The van der Waals surface area contributed by atoms with E-state index in [0.717, 1.165) is 12.0 Å². The molecule has 1 aliphatic rings. The fourth-order valence-electron chi connectivity index (χ4n) is 1.53. The summed E-state index contributed by atoms with van der Waals surface area (Å²) in [5, 5.41) is 1.54. The van der Waals surface area contributed by atoms with Gasteiger partial charge in [-0.05, 0) is 6.07 Å². The standard InChI is InChI=1S/C9H8Cl3NO.ClH/c10-6-2-7(11)9-5(8(6)12)1-4(3-13)14-9;/h2,4H,1,3,13H2;1H. The first-order valence-corrected chi connectivity index (χ1v) is 5.39. The Labute approximate surface area is 109 Å². The third-order valence-electron chi connectivity index (χ3n) is 2.26. The molecule has 0 amide bonds. The van der Waals surface area contributed by atoms with Crippen LogP contribution in [0.4, 0.5) is 0 Å². The van der Waals surface area contributed by atoms with Crippen LogP contribution in [0, 0.1) is 0 Å². The zero-order valence-electron chi connectivity index (χ0n) is 7.70. The lowest BCUT2D eigenvalue weighted by atomic mass is 10.1. The monoisotopic (exact) mass is 287 g/mol. The Balaban J connectivity index is 0.00000112. The van der Waals surface area contributed by atoms with Crippen LogP contribution in [0.3, 0.4) is 0 Å². The molecule has 84 valence electrons. The molecule has 1 aromatic rings. The van der Waals surface area contributed by atoms with Crippen LogP contribution in [-0.4, -0.2) is 12.6 Å². The Kier molecular flexibility index (Phi) is 4.38. The van der Waals surface area contributed by atoms with Crippen LogP contribution in [0.25, 0.3) is 0 Å². The van der Waals surface area contributed by atoms with Crippen molar-refractivity contribution in [2.75, 3.05) is 6.54 Å². The largest absolute Gasteiger partial charge is 1.00 e. The van der Waals surface area contributed by atoms with E-state index >= 15 is 0 Å². The first kappa shape index (κ1) is 13.2. The second kappa shape index (κ2) is 4.98. The Bertz CT molecular complexity index is 383. The summed E-state index contributed by atoms with van der Waals surface area (Å²) in [5.74, 6) is 0.662. The molecular formula is C9H9Cl4NO. The van der Waals surface area contributed by atoms with Crippen LogP contribution >= 0.6 is 34.8 Å². The Morgan fingerprint density at radius 3 is 2.60 bits per heavy atom. The maximum atomic E-state index is 6.04. The fraction of sp³-hybridized carbons (Fsp3) is 0.333. The smallest absolute Gasteiger partial charge is 0.151 e. The molecule has 0 aromatic heterocycles. The van der Waals surface area contributed by atoms with Crippen molar-refractivity contribution in [3.8, 4) is 5.75 Å². The number of hydrogen-bond acceptors (Lipinski definition) is 1. The van der Waals surface area contributed by atoms with E-state index in [1.54, 1.807) is 6.07 Å². The van der Waals surface area contributed by atoms with Gasteiger partial charge in [0.05, 0.1) is 15.1 Å². The van der Waals surface area contributed by atoms with Crippen molar-refractivity contribution in [1.82, 2.24) is 0 Å². The van der Waals surface area contributed by atoms with Gasteiger partial charge >= 0.3 is 0 Å². The second-order valence-electron chi connectivity index (χ2n) is 3.19. The summed E-state index contributed by atoms with van der Waals surface area (Å²) in [4.78, 5) is 0. The molecular weight excluding hydrogens is 280 g/mol. The van der Waals surface area contributed by atoms with Gasteiger partial charge in [0.2, 0.25) is 0 Å². The lowest BCUT2D eigenvalue weighted by molar-refractivity contribution is -0.380. The average molecular weight is 289 g/mol. The predicted octanol–water partition coefficient (Wildman–Crippen LogP) is -0.804. The van der Waals surface area contributed by atoms with E-state index in [0.29, 0.717) is 27.4 Å². The van der Waals surface area contributed by atoms with Crippen LogP contribution in [0.5, 0.6) is 5.75 Å². The minimum atomic E-state index is 0. The summed E-state index contributed by atoms with van der Waals surface area (Å²) in [6, 6.07) is 1.61. The lowest BCUT2D eigenvalue weighted by Gasteiger charge is -2.06. The van der Waals surface area contributed by atoms with E-state index < -0.39 is 0 Å². The highest BCUT2D eigenvalue weighted by Gasteiger charge is 2.28. The number of quaternary nitrogens is 1. The molecule has 2 rings (SSSR count). The molecule has 0 spiro atoms. The van der Waals surface area contributed by atoms with Crippen molar-refractivity contribution in [3.63, 3.8) is 0 Å². The Morgan fingerprint density at radius 1 is 1.33 bits per heavy atom. The molecule has 6 heteroatoms. The highest BCUT2D eigenvalue weighted by atomic mass is 35.5. The molecule has 1 aromatic carbocycles. The molecule has 1 atom stereocenters. The van der Waals surface area contributed by atoms with Gasteiger partial charge < -0.3 is 22.9 Å². The molecule has 0 fully saturated rings. The van der Waals surface area contributed by atoms with E-state index in [4.69, 9.17) is 39.5 Å². The number of rotatable bonds is 1. The Morgan fingerprint density at radius 2 is 2.00 bits per heavy atom. The molecule has 1 aliphatic heterocycles. The number of ether oxygens (including phenoxy) is 1. The van der Waals surface area contributed by atoms with E-state index in [1.807, 2.05) is 0 Å². The van der Waals surface area contributed by atoms with Crippen LogP contribution in [-0.2, 0) is 6.42 Å². The van der Waals surface area contributed by atoms with Gasteiger partial charge in [-0.25, -0.2) is 0 Å². The van der Waals surface area contributed by atoms with Gasteiger partial charge in [0, 0.05) is 12.0 Å². The normalized spacial score (nSPS) is 18.0. The quantitative estimate of drug-likeness (QED) is 0.675. The molecule has 0 aliphatic carbocycles. The van der Waals surface area contributed by atoms with Crippen LogP contribution in [0.2, 0.25) is 15.1 Å². The molecule has 0 radical (unpaired) electrons. The highest BCUT2D eigenvalue weighted by Crippen LogP contribution is 2.43. The van der Waals surface area contributed by atoms with Crippen molar-refractivity contribution in [2.24, 2.45) is 0 Å². The zero-order chi connectivity index (χ0) is 10.3. The van der Waals surface area contributed by atoms with E-state index in [9.17, 15) is 0 Å². The maximum absolute atomic E-state index is 6.04. The molecule has 0 bridgehead atoms. The number of hydrogen-bond donors (Lipinski definition) is 1. The average Bonchev–Trinajstić information content (AvgIpc) is 2.58. The van der Waals surface area contributed by atoms with Gasteiger partial charge in [-0.3, -0.25) is 0 Å². The summed E-state index contributed by atoms with van der Waals surface area (Å²) in [7, 11) is 0. The van der Waals surface area contributed by atoms with Gasteiger partial charge in [-0.15, -0.1) is 0 Å². The van der Waals surface area contributed by atoms with Crippen LogP contribution in [0.15, 0.2) is 6.07 Å². The van der Waals surface area contributed by atoms with Crippen molar-refractivity contribution in [3.05, 3.63) is 26.7 Å². The van der Waals surface area contributed by atoms with Crippen LogP contribution in [0.1, 0.15) is 5.56 Å². The molecule has 1 unspecified atom stereocenters. The molecule has 15 heavy (non-hydrogen) atoms. The summed E-state index contributed by atoms with van der Waals surface area (Å²) in [5.41, 5.74) is 4.69. The van der Waals surface area contributed by atoms with E-state index in [2.05, 4.69) is 5.73 Å². The summed E-state index contributed by atoms with van der Waals surface area (Å²) in [6.45, 7) is 0.693. The fourth-order valence-corrected chi connectivity index (χ4v) is 2.30. The van der Waals surface area contributed by atoms with Gasteiger partial charge in [0.25, 0.3) is 0 Å². The predicted molar refractivity (Wildman–Crippen MR) is 57.3 cm³/mol. The first-order chi connectivity index (χ1) is 6.63. The zero-order valence-corrected chi connectivity index (χ0v) is 10.7. The molecule has 0 saturated heterocycles. The van der Waals surface area contributed by atoms with Gasteiger partial charge in [0.1, 0.15) is 12.3 Å². The van der Waals surface area contributed by atoms with Gasteiger partial charge in [-0.2, -0.15) is 0 Å². The molecule has 1 heterocycles. The highest BCUT2D eigenvalue weighted by molar-refractivity contribution is 6.44. The second-order valence-corrected chi connectivity index (χ2v) is 4.39. The van der Waals surface area contributed by atoms with Crippen molar-refractivity contribution >= 4 is 34.8 Å². The first-order valence-electron chi connectivity index (χ1n) is 4.25. The Hall–Kier alpha value is 0.140. The number of fused-ring (bicyclic) bond motifs is 1. The topological polar surface area (TPSA) is 36.9 Å². The maximum Gasteiger partial charge on any atom is 0.151 e. The van der Waals surface area contributed by atoms with Crippen molar-refractivity contribution in [1.29, 1.82) is 0 Å². The lowest BCUT2D eigenvalue weighted by Crippen LogP contribution is -3.00. The minimum absolute atomic E-state index is 0. The number of halogens is 4. The van der Waals surface area contributed by atoms with Gasteiger partial charge in [-0.1, -0.05) is 34.8 Å². The van der Waals surface area contributed by atoms with Crippen molar-refractivity contribution in [2.45, 2.75) is 12.5 Å². The summed E-state index contributed by atoms with van der Waals surface area (Å²) >= 11 is 17.9. The molecule has 0 saturated carbocycles. The summed E-state index contributed by atoms with van der Waals surface area (Å²) in [6.07, 6.45) is 0.802. The van der Waals surface area contributed by atoms with Gasteiger partial charge in [0.15, 0.2) is 6.10 Å². The van der Waals surface area contributed by atoms with Crippen molar-refractivity contribution < 1.29 is 22.9 Å². The summed E-state index contributed by atoms with van der Waals surface area (Å²) < 4.78 is 5.59. The van der Waals surface area contributed by atoms with E-state index in [1.165, 1.54) is 0 Å². The number of benzene rings is 1. The SMILES string of the molecule is [Cl-].[NH3+]CC1Cc2c(Cl)c(Cl)cc(Cl)c2O1. The third kappa shape index (κ3) is 2.29. The molecule has 3 N–H and O–H groups in total. The van der Waals surface area contributed by atoms with Crippen LogP contribution < -0.4 is 22.9 Å². The molecule has 2 nitrogen and oxygen atoms in total. The van der Waals surface area contributed by atoms with E-state index in [-0.39, 0.29) is 18.5 Å².